The lowest BCUT2D eigenvalue weighted by molar-refractivity contribution is 0.308. The van der Waals surface area contributed by atoms with Gasteiger partial charge >= 0.3 is 6.01 Å². The molecule has 1 fully saturated rings. The number of aromatic nitrogens is 3. The zero-order valence-electron chi connectivity index (χ0n) is 16.3. The first kappa shape index (κ1) is 22.4. The Balaban J connectivity index is 1.86. The number of hydrogen-bond acceptors (Lipinski definition) is 5. The van der Waals surface area contributed by atoms with Gasteiger partial charge in [0, 0.05) is 0 Å². The third-order valence-electron chi connectivity index (χ3n) is 5.00. The Morgan fingerprint density at radius 1 is 0.556 bits per heavy atom. The van der Waals surface area contributed by atoms with Gasteiger partial charge in [-0.2, -0.15) is 15.0 Å². The molecule has 1 aliphatic rings. The molecule has 1 heterocycles. The topological polar surface area (TPSA) is 60.3 Å². The van der Waals surface area contributed by atoms with E-state index in [2.05, 4.69) is 20.1 Å². The van der Waals surface area contributed by atoms with Gasteiger partial charge < -0.3 is 4.84 Å². The maximum atomic E-state index is 5.78. The maximum absolute atomic E-state index is 5.78. The molecule has 0 saturated heterocycles. The largest absolute Gasteiger partial charge is 0.351 e. The van der Waals surface area contributed by atoms with Gasteiger partial charge in [0.15, 0.2) is 0 Å². The summed E-state index contributed by atoms with van der Waals surface area (Å²) >= 11 is 11.6. The van der Waals surface area contributed by atoms with E-state index in [4.69, 9.17) is 28.0 Å². The minimum Gasteiger partial charge on any atom is -0.315 e. The lowest BCUT2D eigenvalue weighted by Gasteiger charge is -2.07. The molecule has 1 aliphatic carbocycles. The third-order valence-corrected chi connectivity index (χ3v) is 5.34. The first-order chi connectivity index (χ1) is 13.2. The fourth-order valence-electron chi connectivity index (χ4n) is 3.45. The Bertz CT molecular complexity index is 529. The standard InChI is InChI=1S/C20H32Cl2N4O/c21-18-23-19(22)25-20(24-18)27-26-17-15-13-11-9-7-5-3-1-2-4-6-8-10-12-14-16-17/h1-16H2. The maximum Gasteiger partial charge on any atom is 0.351 e. The van der Waals surface area contributed by atoms with Crippen LogP contribution in [0.5, 0.6) is 6.01 Å². The fourth-order valence-corrected chi connectivity index (χ4v) is 3.80. The van der Waals surface area contributed by atoms with Crippen molar-refractivity contribution in [2.45, 2.75) is 103 Å². The molecule has 2 rings (SSSR count). The summed E-state index contributed by atoms with van der Waals surface area (Å²) in [5, 5.41) is 4.33. The van der Waals surface area contributed by atoms with Gasteiger partial charge in [-0.25, -0.2) is 0 Å². The van der Waals surface area contributed by atoms with Crippen LogP contribution in [0.15, 0.2) is 5.16 Å². The van der Waals surface area contributed by atoms with Crippen LogP contribution in [0, 0.1) is 0 Å². The van der Waals surface area contributed by atoms with Crippen LogP contribution in [0.25, 0.3) is 0 Å². The zero-order chi connectivity index (χ0) is 19.2. The van der Waals surface area contributed by atoms with Gasteiger partial charge in [0.25, 0.3) is 0 Å². The first-order valence-corrected chi connectivity index (χ1v) is 11.3. The highest BCUT2D eigenvalue weighted by Crippen LogP contribution is 2.17. The molecule has 5 nitrogen and oxygen atoms in total. The molecule has 1 saturated carbocycles. The molecule has 1 aromatic rings. The molecule has 0 aliphatic heterocycles. The summed E-state index contributed by atoms with van der Waals surface area (Å²) in [6.07, 6.45) is 20.5. The van der Waals surface area contributed by atoms with E-state index in [0.29, 0.717) is 0 Å². The van der Waals surface area contributed by atoms with Crippen LogP contribution in [-0.2, 0) is 0 Å². The number of hydrogen-bond donors (Lipinski definition) is 0. The highest BCUT2D eigenvalue weighted by molar-refractivity contribution is 6.31. The SMILES string of the molecule is Clc1nc(Cl)nc(ON=C2CCCCCCCCCCCCCCCC2)n1. The average molecular weight is 415 g/mol. The van der Waals surface area contributed by atoms with E-state index in [1.54, 1.807) is 0 Å². The van der Waals surface area contributed by atoms with Crippen LogP contribution in [0.3, 0.4) is 0 Å². The van der Waals surface area contributed by atoms with Gasteiger partial charge in [-0.3, -0.25) is 0 Å². The van der Waals surface area contributed by atoms with Gasteiger partial charge in [-0.15, -0.1) is 0 Å². The molecular weight excluding hydrogens is 383 g/mol. The second-order valence-corrected chi connectivity index (χ2v) is 8.03. The van der Waals surface area contributed by atoms with Crippen LogP contribution in [0.2, 0.25) is 10.6 Å². The van der Waals surface area contributed by atoms with E-state index in [9.17, 15) is 0 Å². The van der Waals surface area contributed by atoms with Gasteiger partial charge in [-0.1, -0.05) is 82.2 Å². The Hall–Kier alpha value is -0.940. The van der Waals surface area contributed by atoms with E-state index in [1.807, 2.05) is 0 Å². The van der Waals surface area contributed by atoms with Gasteiger partial charge in [-0.05, 0) is 48.9 Å². The summed E-state index contributed by atoms with van der Waals surface area (Å²) in [7, 11) is 0. The van der Waals surface area contributed by atoms with Crippen LogP contribution in [0.1, 0.15) is 103 Å². The Labute approximate surface area is 173 Å². The summed E-state index contributed by atoms with van der Waals surface area (Å²) in [5.74, 6) is 0. The minimum absolute atomic E-state index is 0.0131. The van der Waals surface area contributed by atoms with Crippen molar-refractivity contribution in [3.05, 3.63) is 10.6 Å². The molecule has 0 bridgehead atoms. The predicted molar refractivity (Wildman–Crippen MR) is 112 cm³/mol. The number of halogens is 2. The highest BCUT2D eigenvalue weighted by Gasteiger charge is 2.07. The van der Waals surface area contributed by atoms with Gasteiger partial charge in [0.2, 0.25) is 10.6 Å². The van der Waals surface area contributed by atoms with Crippen molar-refractivity contribution in [1.82, 2.24) is 15.0 Å². The molecular formula is C20H32Cl2N4O. The Kier molecular flexibility index (Phi) is 11.7. The van der Waals surface area contributed by atoms with Crippen molar-refractivity contribution in [3.8, 4) is 6.01 Å². The van der Waals surface area contributed by atoms with E-state index in [0.717, 1.165) is 31.4 Å². The molecule has 0 aromatic carbocycles. The molecule has 27 heavy (non-hydrogen) atoms. The average Bonchev–Trinajstić information content (AvgIpc) is 2.64. The Morgan fingerprint density at radius 3 is 1.33 bits per heavy atom. The second kappa shape index (κ2) is 14.1. The van der Waals surface area contributed by atoms with E-state index in [1.165, 1.54) is 77.0 Å². The van der Waals surface area contributed by atoms with Crippen molar-refractivity contribution in [2.75, 3.05) is 0 Å². The van der Waals surface area contributed by atoms with Crippen molar-refractivity contribution < 1.29 is 4.84 Å². The van der Waals surface area contributed by atoms with Gasteiger partial charge in [0.05, 0.1) is 5.71 Å². The van der Waals surface area contributed by atoms with Crippen LogP contribution < -0.4 is 4.84 Å². The normalized spacial score (nSPS) is 19.3. The van der Waals surface area contributed by atoms with Gasteiger partial charge in [0.1, 0.15) is 0 Å². The van der Waals surface area contributed by atoms with Crippen molar-refractivity contribution in [1.29, 1.82) is 0 Å². The van der Waals surface area contributed by atoms with Crippen molar-refractivity contribution >= 4 is 28.9 Å². The van der Waals surface area contributed by atoms with Crippen LogP contribution in [-0.4, -0.2) is 20.7 Å². The summed E-state index contributed by atoms with van der Waals surface area (Å²) < 4.78 is 0. The molecule has 7 heteroatoms. The first-order valence-electron chi connectivity index (χ1n) is 10.5. The third kappa shape index (κ3) is 10.8. The summed E-state index contributed by atoms with van der Waals surface area (Å²) in [6, 6.07) is 0.0518. The number of rotatable bonds is 2. The summed E-state index contributed by atoms with van der Waals surface area (Å²) in [5.41, 5.74) is 1.08. The summed E-state index contributed by atoms with van der Waals surface area (Å²) in [6.45, 7) is 0. The smallest absolute Gasteiger partial charge is 0.315 e. The van der Waals surface area contributed by atoms with E-state index in [-0.39, 0.29) is 16.6 Å². The molecule has 1 aromatic heterocycles. The van der Waals surface area contributed by atoms with E-state index >= 15 is 0 Å². The number of nitrogens with zero attached hydrogens (tertiary/aromatic N) is 4. The molecule has 0 spiro atoms. The highest BCUT2D eigenvalue weighted by atomic mass is 35.5. The molecule has 0 atom stereocenters. The molecule has 152 valence electrons. The predicted octanol–water partition coefficient (Wildman–Crippen LogP) is 7.17. The zero-order valence-corrected chi connectivity index (χ0v) is 17.8. The molecule has 0 radical (unpaired) electrons. The lowest BCUT2D eigenvalue weighted by atomic mass is 10.0. The monoisotopic (exact) mass is 414 g/mol. The lowest BCUT2D eigenvalue weighted by Crippen LogP contribution is -2.04. The van der Waals surface area contributed by atoms with Crippen LogP contribution >= 0.6 is 23.2 Å². The Morgan fingerprint density at radius 2 is 0.926 bits per heavy atom. The molecule has 0 unspecified atom stereocenters. The van der Waals surface area contributed by atoms with Crippen molar-refractivity contribution in [3.63, 3.8) is 0 Å². The van der Waals surface area contributed by atoms with E-state index < -0.39 is 0 Å². The molecule has 0 amide bonds. The van der Waals surface area contributed by atoms with Crippen LogP contribution in [0.4, 0.5) is 0 Å². The number of oxime groups is 1. The fraction of sp³-hybridized carbons (Fsp3) is 0.800. The molecule has 0 N–H and O–H groups in total. The minimum atomic E-state index is 0.0131. The summed E-state index contributed by atoms with van der Waals surface area (Å²) in [4.78, 5) is 16.9. The quantitative estimate of drug-likeness (QED) is 0.481. The second-order valence-electron chi connectivity index (χ2n) is 7.35. The van der Waals surface area contributed by atoms with Crippen molar-refractivity contribution in [2.24, 2.45) is 5.16 Å².